The van der Waals surface area contributed by atoms with Gasteiger partial charge in [0.1, 0.15) is 9.84 Å². The van der Waals surface area contributed by atoms with E-state index in [0.29, 0.717) is 6.54 Å². The highest BCUT2D eigenvalue weighted by molar-refractivity contribution is 7.90. The topological polar surface area (TPSA) is 49.4 Å². The number of likely N-dealkylation sites (N-methyl/N-ethyl adjacent to an activating group) is 2. The highest BCUT2D eigenvalue weighted by Gasteiger charge is 2.17. The zero-order valence-electron chi connectivity index (χ0n) is 12.0. The Morgan fingerprint density at radius 2 is 1.89 bits per heavy atom. The van der Waals surface area contributed by atoms with Gasteiger partial charge in [0.05, 0.1) is 5.75 Å². The van der Waals surface area contributed by atoms with Crippen LogP contribution in [0.2, 0.25) is 0 Å². The summed E-state index contributed by atoms with van der Waals surface area (Å²) in [6.07, 6.45) is 1.28. The molecule has 0 aliphatic heterocycles. The van der Waals surface area contributed by atoms with E-state index in [1.54, 1.807) is 0 Å². The van der Waals surface area contributed by atoms with Crippen LogP contribution in [0.5, 0.6) is 0 Å². The first-order chi connectivity index (χ1) is 8.94. The zero-order valence-corrected chi connectivity index (χ0v) is 12.8. The molecule has 5 heteroatoms. The Morgan fingerprint density at radius 3 is 2.42 bits per heavy atom. The van der Waals surface area contributed by atoms with Gasteiger partial charge in [-0.1, -0.05) is 37.3 Å². The van der Waals surface area contributed by atoms with Crippen molar-refractivity contribution in [1.82, 2.24) is 10.2 Å². The number of rotatable bonds is 8. The minimum absolute atomic E-state index is 0.193. The van der Waals surface area contributed by atoms with Gasteiger partial charge >= 0.3 is 0 Å². The van der Waals surface area contributed by atoms with E-state index in [1.165, 1.54) is 11.8 Å². The number of hydrogen-bond acceptors (Lipinski definition) is 4. The Labute approximate surface area is 116 Å². The number of benzene rings is 1. The average molecular weight is 284 g/mol. The first-order valence-electron chi connectivity index (χ1n) is 6.57. The molecular weight excluding hydrogens is 260 g/mol. The van der Waals surface area contributed by atoms with Crippen LogP contribution in [-0.2, 0) is 9.84 Å². The molecule has 0 amide bonds. The molecule has 1 unspecified atom stereocenters. The van der Waals surface area contributed by atoms with Crippen molar-refractivity contribution in [2.24, 2.45) is 0 Å². The van der Waals surface area contributed by atoms with Crippen LogP contribution in [0.4, 0.5) is 0 Å². The van der Waals surface area contributed by atoms with Crippen LogP contribution >= 0.6 is 0 Å². The Kier molecular flexibility index (Phi) is 6.48. The summed E-state index contributed by atoms with van der Waals surface area (Å²) in [7, 11) is -0.945. The van der Waals surface area contributed by atoms with Gasteiger partial charge in [-0.25, -0.2) is 8.42 Å². The third-order valence-corrected chi connectivity index (χ3v) is 4.04. The van der Waals surface area contributed by atoms with Crippen molar-refractivity contribution in [2.45, 2.75) is 13.0 Å². The van der Waals surface area contributed by atoms with Gasteiger partial charge in [-0.2, -0.15) is 0 Å². The van der Waals surface area contributed by atoms with Gasteiger partial charge < -0.3 is 5.32 Å². The van der Waals surface area contributed by atoms with E-state index in [-0.39, 0.29) is 11.8 Å². The smallest absolute Gasteiger partial charge is 0.148 e. The molecule has 1 N–H and O–H groups in total. The van der Waals surface area contributed by atoms with E-state index >= 15 is 0 Å². The fourth-order valence-corrected chi connectivity index (χ4v) is 2.57. The molecule has 108 valence electrons. The van der Waals surface area contributed by atoms with E-state index in [2.05, 4.69) is 29.3 Å². The second kappa shape index (κ2) is 7.62. The zero-order chi connectivity index (χ0) is 14.3. The highest BCUT2D eigenvalue weighted by Crippen LogP contribution is 2.18. The number of sulfone groups is 1. The summed E-state index contributed by atoms with van der Waals surface area (Å²) in [6, 6.07) is 10.4. The Balaban J connectivity index is 2.73. The predicted octanol–water partition coefficient (Wildman–Crippen LogP) is 1.31. The lowest BCUT2D eigenvalue weighted by Gasteiger charge is -2.28. The lowest BCUT2D eigenvalue weighted by molar-refractivity contribution is 0.252. The van der Waals surface area contributed by atoms with Crippen LogP contribution in [0.15, 0.2) is 30.3 Å². The predicted molar refractivity (Wildman–Crippen MR) is 80.1 cm³/mol. The molecule has 4 nitrogen and oxygen atoms in total. The van der Waals surface area contributed by atoms with Crippen molar-refractivity contribution in [1.29, 1.82) is 0 Å². The van der Waals surface area contributed by atoms with Crippen LogP contribution in [0.3, 0.4) is 0 Å². The second-order valence-corrected chi connectivity index (χ2v) is 7.10. The molecule has 19 heavy (non-hydrogen) atoms. The molecular formula is C14H24N2O2S. The summed E-state index contributed by atoms with van der Waals surface area (Å²) in [5.41, 5.74) is 1.21. The molecule has 0 fully saturated rings. The normalized spacial score (nSPS) is 13.7. The molecule has 0 heterocycles. The van der Waals surface area contributed by atoms with E-state index in [9.17, 15) is 8.42 Å². The Morgan fingerprint density at radius 1 is 1.26 bits per heavy atom. The summed E-state index contributed by atoms with van der Waals surface area (Å²) >= 11 is 0. The van der Waals surface area contributed by atoms with Crippen molar-refractivity contribution in [3.05, 3.63) is 35.9 Å². The van der Waals surface area contributed by atoms with Crippen molar-refractivity contribution in [2.75, 3.05) is 38.7 Å². The third-order valence-electron chi connectivity index (χ3n) is 3.12. The van der Waals surface area contributed by atoms with Crippen molar-refractivity contribution < 1.29 is 8.42 Å². The van der Waals surface area contributed by atoms with Gasteiger partial charge in [0.25, 0.3) is 0 Å². The maximum absolute atomic E-state index is 11.3. The second-order valence-electron chi connectivity index (χ2n) is 4.84. The molecule has 1 aromatic carbocycles. The van der Waals surface area contributed by atoms with Gasteiger partial charge in [-0.15, -0.1) is 0 Å². The van der Waals surface area contributed by atoms with Gasteiger partial charge in [0.15, 0.2) is 0 Å². The number of hydrogen-bond donors (Lipinski definition) is 1. The fraction of sp³-hybridized carbons (Fsp3) is 0.571. The third kappa shape index (κ3) is 6.18. The van der Waals surface area contributed by atoms with Crippen LogP contribution in [0.1, 0.15) is 18.5 Å². The molecule has 1 rings (SSSR count). The first-order valence-corrected chi connectivity index (χ1v) is 8.63. The van der Waals surface area contributed by atoms with E-state index in [1.807, 2.05) is 25.2 Å². The summed E-state index contributed by atoms with van der Waals surface area (Å²) in [6.45, 7) is 4.34. The SMILES string of the molecule is CCNCC(c1ccccc1)N(C)CCS(C)(=O)=O. The fourth-order valence-electron chi connectivity index (χ4n) is 1.95. The van der Waals surface area contributed by atoms with E-state index in [4.69, 9.17) is 0 Å². The summed E-state index contributed by atoms with van der Waals surface area (Å²) < 4.78 is 22.5. The highest BCUT2D eigenvalue weighted by atomic mass is 32.2. The average Bonchev–Trinajstić information content (AvgIpc) is 2.37. The minimum Gasteiger partial charge on any atom is -0.315 e. The molecule has 0 aromatic heterocycles. The lowest BCUT2D eigenvalue weighted by atomic mass is 10.1. The molecule has 0 aliphatic carbocycles. The van der Waals surface area contributed by atoms with Gasteiger partial charge in [0.2, 0.25) is 0 Å². The molecule has 1 atom stereocenters. The molecule has 0 radical (unpaired) electrons. The summed E-state index contributed by atoms with van der Waals surface area (Å²) in [4.78, 5) is 2.10. The minimum atomic E-state index is -2.92. The summed E-state index contributed by atoms with van der Waals surface area (Å²) in [5, 5.41) is 3.33. The van der Waals surface area contributed by atoms with E-state index < -0.39 is 9.84 Å². The number of nitrogens with one attached hydrogen (secondary N) is 1. The number of nitrogens with zero attached hydrogens (tertiary/aromatic N) is 1. The molecule has 0 bridgehead atoms. The van der Waals surface area contributed by atoms with Crippen molar-refractivity contribution in [3.63, 3.8) is 0 Å². The lowest BCUT2D eigenvalue weighted by Crippen LogP contribution is -2.36. The van der Waals surface area contributed by atoms with Gasteiger partial charge in [-0.3, -0.25) is 4.90 Å². The molecule has 1 aromatic rings. The maximum atomic E-state index is 11.3. The molecule has 0 aliphatic rings. The van der Waals surface area contributed by atoms with Gasteiger partial charge in [0, 0.05) is 25.4 Å². The first kappa shape index (κ1) is 16.1. The van der Waals surface area contributed by atoms with Crippen LogP contribution < -0.4 is 5.32 Å². The monoisotopic (exact) mass is 284 g/mol. The van der Waals surface area contributed by atoms with Gasteiger partial charge in [-0.05, 0) is 19.2 Å². The Hall–Kier alpha value is -0.910. The van der Waals surface area contributed by atoms with E-state index in [0.717, 1.165) is 13.1 Å². The molecule has 0 saturated heterocycles. The van der Waals surface area contributed by atoms with Crippen molar-refractivity contribution >= 4 is 9.84 Å². The van der Waals surface area contributed by atoms with Crippen molar-refractivity contribution in [3.8, 4) is 0 Å². The van der Waals surface area contributed by atoms with Crippen LogP contribution in [-0.4, -0.2) is 52.0 Å². The quantitative estimate of drug-likeness (QED) is 0.782. The largest absolute Gasteiger partial charge is 0.315 e. The maximum Gasteiger partial charge on any atom is 0.148 e. The Bertz CT molecular complexity index is 460. The molecule has 0 spiro atoms. The van der Waals surface area contributed by atoms with Crippen LogP contribution in [0, 0.1) is 0 Å². The standard InChI is InChI=1S/C14H24N2O2S/c1-4-15-12-14(13-8-6-5-7-9-13)16(2)10-11-19(3,17)18/h5-9,14-15H,4,10-12H2,1-3H3. The summed E-state index contributed by atoms with van der Waals surface area (Å²) in [5.74, 6) is 0.193. The van der Waals surface area contributed by atoms with Crippen LogP contribution in [0.25, 0.3) is 0 Å². The molecule has 0 saturated carbocycles.